The Hall–Kier alpha value is -2.97. The molecule has 9 heteroatoms. The summed E-state index contributed by atoms with van der Waals surface area (Å²) in [6.07, 6.45) is 3.41. The number of aromatic nitrogens is 1. The molecule has 1 aliphatic heterocycles. The van der Waals surface area contributed by atoms with Gasteiger partial charge in [-0.15, -0.1) is 0 Å². The fraction of sp³-hybridized carbons (Fsp3) is 0.500. The van der Waals surface area contributed by atoms with Crippen molar-refractivity contribution in [2.24, 2.45) is 0 Å². The van der Waals surface area contributed by atoms with Gasteiger partial charge in [0.05, 0.1) is 13.7 Å². The molecule has 1 aromatic rings. The third-order valence-corrected chi connectivity index (χ3v) is 4.50. The van der Waals surface area contributed by atoms with E-state index in [0.717, 1.165) is 5.56 Å². The number of piperazine rings is 1. The lowest BCUT2D eigenvalue weighted by molar-refractivity contribution is -0.150. The Bertz CT molecular complexity index is 709. The average Bonchev–Trinajstić information content (AvgIpc) is 2.66. The second-order valence-electron chi connectivity index (χ2n) is 6.34. The molecule has 0 spiro atoms. The first-order valence-corrected chi connectivity index (χ1v) is 8.63. The van der Waals surface area contributed by atoms with Gasteiger partial charge in [-0.25, -0.2) is 4.79 Å². The highest BCUT2D eigenvalue weighted by atomic mass is 16.5. The van der Waals surface area contributed by atoms with E-state index in [1.165, 1.54) is 30.8 Å². The Morgan fingerprint density at radius 3 is 2.56 bits per heavy atom. The molecule has 0 saturated carbocycles. The van der Waals surface area contributed by atoms with E-state index in [1.807, 2.05) is 0 Å². The summed E-state index contributed by atoms with van der Waals surface area (Å²) < 4.78 is 4.79. The minimum Gasteiger partial charge on any atom is -0.467 e. The smallest absolute Gasteiger partial charge is 0.328 e. The summed E-state index contributed by atoms with van der Waals surface area (Å²) in [5.41, 5.74) is 0.755. The van der Waals surface area contributed by atoms with E-state index in [1.54, 1.807) is 24.5 Å². The SMILES string of the molecule is COC(=O)C(Cc1cccnc1)NC(=O)C1CN(C(C)=O)CCN1C(C)=O. The second-order valence-corrected chi connectivity index (χ2v) is 6.34. The Labute approximate surface area is 157 Å². The Morgan fingerprint density at radius 2 is 2.00 bits per heavy atom. The lowest BCUT2D eigenvalue weighted by atomic mass is 10.1. The van der Waals surface area contributed by atoms with E-state index in [-0.39, 0.29) is 31.3 Å². The van der Waals surface area contributed by atoms with E-state index in [9.17, 15) is 19.2 Å². The van der Waals surface area contributed by atoms with Gasteiger partial charge in [0.2, 0.25) is 17.7 Å². The number of carbonyl (C=O) groups is 4. The number of rotatable bonds is 5. The summed E-state index contributed by atoms with van der Waals surface area (Å²) in [7, 11) is 1.24. The largest absolute Gasteiger partial charge is 0.467 e. The Kier molecular flexibility index (Phi) is 6.86. The van der Waals surface area contributed by atoms with Crippen molar-refractivity contribution in [2.75, 3.05) is 26.7 Å². The first kappa shape index (κ1) is 20.3. The van der Waals surface area contributed by atoms with Crippen molar-refractivity contribution >= 4 is 23.7 Å². The number of nitrogens with zero attached hydrogens (tertiary/aromatic N) is 3. The maximum absolute atomic E-state index is 12.8. The predicted molar refractivity (Wildman–Crippen MR) is 95.3 cm³/mol. The van der Waals surface area contributed by atoms with Crippen LogP contribution in [0.4, 0.5) is 0 Å². The van der Waals surface area contributed by atoms with Crippen LogP contribution in [0.2, 0.25) is 0 Å². The summed E-state index contributed by atoms with van der Waals surface area (Å²) in [5, 5.41) is 2.66. The van der Waals surface area contributed by atoms with Crippen LogP contribution in [0.25, 0.3) is 0 Å². The van der Waals surface area contributed by atoms with Crippen LogP contribution in [-0.2, 0) is 30.3 Å². The van der Waals surface area contributed by atoms with Crippen molar-refractivity contribution in [3.05, 3.63) is 30.1 Å². The highest BCUT2D eigenvalue weighted by molar-refractivity contribution is 5.91. The highest BCUT2D eigenvalue weighted by Crippen LogP contribution is 2.12. The molecule has 0 aromatic carbocycles. The standard InChI is InChI=1S/C18H24N4O5/c1-12(23)21-7-8-22(13(2)24)16(11-21)17(25)20-15(18(26)27-3)9-14-5-4-6-19-10-14/h4-6,10,15-16H,7-9,11H2,1-3H3,(H,20,25). The molecule has 1 fully saturated rings. The fourth-order valence-corrected chi connectivity index (χ4v) is 3.03. The van der Waals surface area contributed by atoms with Crippen molar-refractivity contribution < 1.29 is 23.9 Å². The monoisotopic (exact) mass is 376 g/mol. The Morgan fingerprint density at radius 1 is 1.26 bits per heavy atom. The van der Waals surface area contributed by atoms with Crippen LogP contribution in [0.15, 0.2) is 24.5 Å². The number of ether oxygens (including phenoxy) is 1. The number of amides is 3. The number of nitrogens with one attached hydrogen (secondary N) is 1. The molecule has 2 rings (SSSR count). The van der Waals surface area contributed by atoms with Crippen molar-refractivity contribution in [1.29, 1.82) is 0 Å². The van der Waals surface area contributed by atoms with Gasteiger partial charge in [0.1, 0.15) is 12.1 Å². The van der Waals surface area contributed by atoms with Gasteiger partial charge in [-0.1, -0.05) is 6.07 Å². The lowest BCUT2D eigenvalue weighted by Gasteiger charge is -2.40. The number of hydrogen-bond acceptors (Lipinski definition) is 6. The fourth-order valence-electron chi connectivity index (χ4n) is 3.03. The molecule has 0 bridgehead atoms. The molecule has 2 atom stereocenters. The maximum atomic E-state index is 12.8. The van der Waals surface area contributed by atoms with Crippen LogP contribution in [0.5, 0.6) is 0 Å². The zero-order valence-electron chi connectivity index (χ0n) is 15.7. The topological polar surface area (TPSA) is 109 Å². The average molecular weight is 376 g/mol. The molecule has 2 unspecified atom stereocenters. The second kappa shape index (κ2) is 9.11. The van der Waals surface area contributed by atoms with E-state index in [2.05, 4.69) is 10.3 Å². The van der Waals surface area contributed by atoms with Crippen LogP contribution in [0.1, 0.15) is 19.4 Å². The van der Waals surface area contributed by atoms with Gasteiger partial charge in [0.25, 0.3) is 0 Å². The van der Waals surface area contributed by atoms with Crippen LogP contribution >= 0.6 is 0 Å². The summed E-state index contributed by atoms with van der Waals surface area (Å²) in [4.78, 5) is 55.4. The minimum absolute atomic E-state index is 0.0849. The molecule has 1 N–H and O–H groups in total. The summed E-state index contributed by atoms with van der Waals surface area (Å²) in [6, 6.07) is 1.73. The Balaban J connectivity index is 2.16. The number of pyridine rings is 1. The summed E-state index contributed by atoms with van der Waals surface area (Å²) in [5.74, 6) is -1.53. The van der Waals surface area contributed by atoms with Gasteiger partial charge < -0.3 is 19.9 Å². The minimum atomic E-state index is -0.923. The molecule has 1 aliphatic rings. The number of esters is 1. The van der Waals surface area contributed by atoms with Gasteiger partial charge in [-0.3, -0.25) is 19.4 Å². The van der Waals surface area contributed by atoms with E-state index in [4.69, 9.17) is 4.74 Å². The van der Waals surface area contributed by atoms with E-state index >= 15 is 0 Å². The number of hydrogen-bond donors (Lipinski definition) is 1. The molecule has 3 amide bonds. The van der Waals surface area contributed by atoms with Crippen molar-refractivity contribution in [1.82, 2.24) is 20.1 Å². The first-order chi connectivity index (χ1) is 12.8. The van der Waals surface area contributed by atoms with Crippen LogP contribution < -0.4 is 5.32 Å². The predicted octanol–water partition coefficient (Wildman–Crippen LogP) is -0.639. The molecule has 1 saturated heterocycles. The maximum Gasteiger partial charge on any atom is 0.328 e. The normalized spacial score (nSPS) is 17.8. The van der Waals surface area contributed by atoms with Crippen LogP contribution in [0.3, 0.4) is 0 Å². The molecule has 1 aromatic heterocycles. The molecular weight excluding hydrogens is 352 g/mol. The molecule has 0 aliphatic carbocycles. The lowest BCUT2D eigenvalue weighted by Crippen LogP contribution is -2.62. The first-order valence-electron chi connectivity index (χ1n) is 8.63. The number of carbonyl (C=O) groups excluding carboxylic acids is 4. The van der Waals surface area contributed by atoms with Gasteiger partial charge in [0, 0.05) is 45.8 Å². The van der Waals surface area contributed by atoms with Crippen LogP contribution in [0, 0.1) is 0 Å². The van der Waals surface area contributed by atoms with E-state index < -0.39 is 24.0 Å². The quantitative estimate of drug-likeness (QED) is 0.685. The van der Waals surface area contributed by atoms with E-state index in [0.29, 0.717) is 6.54 Å². The zero-order chi connectivity index (χ0) is 20.0. The van der Waals surface area contributed by atoms with Gasteiger partial charge >= 0.3 is 5.97 Å². The van der Waals surface area contributed by atoms with Crippen molar-refractivity contribution in [3.8, 4) is 0 Å². The molecule has 9 nitrogen and oxygen atoms in total. The molecule has 2 heterocycles. The zero-order valence-corrected chi connectivity index (χ0v) is 15.7. The third kappa shape index (κ3) is 5.25. The third-order valence-electron chi connectivity index (χ3n) is 4.50. The highest BCUT2D eigenvalue weighted by Gasteiger charge is 2.36. The van der Waals surface area contributed by atoms with Gasteiger partial charge in [0.15, 0.2) is 0 Å². The molecule has 0 radical (unpaired) electrons. The van der Waals surface area contributed by atoms with Gasteiger partial charge in [-0.05, 0) is 11.6 Å². The molecular formula is C18H24N4O5. The molecule has 146 valence electrons. The summed E-state index contributed by atoms with van der Waals surface area (Å²) in [6.45, 7) is 3.50. The van der Waals surface area contributed by atoms with Gasteiger partial charge in [-0.2, -0.15) is 0 Å². The number of methoxy groups -OCH3 is 1. The van der Waals surface area contributed by atoms with Crippen molar-refractivity contribution in [3.63, 3.8) is 0 Å². The van der Waals surface area contributed by atoms with Crippen molar-refractivity contribution in [2.45, 2.75) is 32.4 Å². The summed E-state index contributed by atoms with van der Waals surface area (Å²) >= 11 is 0. The van der Waals surface area contributed by atoms with Crippen LogP contribution in [-0.4, -0.2) is 77.3 Å². The molecule has 27 heavy (non-hydrogen) atoms.